The second-order valence-electron chi connectivity index (χ2n) is 5.57. The minimum absolute atomic E-state index is 0.0115. The Bertz CT molecular complexity index is 274. The fraction of sp³-hybridized carbons (Fsp3) is 0.933. The molecule has 0 aromatic heterocycles. The quantitative estimate of drug-likeness (QED) is 0.541. The second-order valence-corrected chi connectivity index (χ2v) is 5.57. The maximum absolute atomic E-state index is 12.7. The summed E-state index contributed by atoms with van der Waals surface area (Å²) in [6, 6.07) is 0.0115. The fourth-order valence-corrected chi connectivity index (χ4v) is 2.81. The number of methoxy groups -OCH3 is 2. The van der Waals surface area contributed by atoms with Crippen molar-refractivity contribution in [1.82, 2.24) is 4.90 Å². The third kappa shape index (κ3) is 5.77. The van der Waals surface area contributed by atoms with Gasteiger partial charge in [-0.3, -0.25) is 4.79 Å². The first-order valence-corrected chi connectivity index (χ1v) is 7.73. The Labute approximate surface area is 122 Å². The Morgan fingerprint density at radius 1 is 1.10 bits per heavy atom. The average molecular weight is 286 g/mol. The highest BCUT2D eigenvalue weighted by Crippen LogP contribution is 2.24. The van der Waals surface area contributed by atoms with E-state index in [1.165, 1.54) is 6.42 Å². The second kappa shape index (κ2) is 10.1. The maximum atomic E-state index is 12.7. The van der Waals surface area contributed by atoms with E-state index in [0.717, 1.165) is 38.6 Å². The van der Waals surface area contributed by atoms with Crippen molar-refractivity contribution < 1.29 is 14.3 Å². The molecule has 0 spiro atoms. The Balaban J connectivity index is 2.58. The van der Waals surface area contributed by atoms with Crippen LogP contribution in [0.2, 0.25) is 0 Å². The summed E-state index contributed by atoms with van der Waals surface area (Å²) in [5, 5.41) is 0. The molecule has 1 aliphatic carbocycles. The summed E-state index contributed by atoms with van der Waals surface area (Å²) in [4.78, 5) is 14.6. The molecule has 0 aliphatic heterocycles. The van der Waals surface area contributed by atoms with E-state index in [-0.39, 0.29) is 17.9 Å². The molecule has 1 rings (SSSR count). The van der Waals surface area contributed by atoms with Crippen LogP contribution in [-0.4, -0.2) is 57.4 Å². The third-order valence-corrected chi connectivity index (χ3v) is 4.04. The van der Waals surface area contributed by atoms with Gasteiger partial charge in [-0.25, -0.2) is 0 Å². The van der Waals surface area contributed by atoms with E-state index in [1.54, 1.807) is 14.2 Å². The van der Waals surface area contributed by atoms with Crippen LogP contribution in [0.4, 0.5) is 0 Å². The number of carbonyl (C=O) groups excluding carboxylic acids is 1. The van der Waals surface area contributed by atoms with Crippen LogP contribution in [0.25, 0.3) is 0 Å². The molecule has 1 aliphatic rings. The monoisotopic (exact) mass is 286 g/mol. The predicted molar refractivity (Wildman–Crippen MR) is 79.5 cm³/mol. The molecule has 5 nitrogen and oxygen atoms in total. The Hall–Kier alpha value is -0.650. The SMILES string of the molecule is COCCCN(CCOC)C(=O)C1CCCCCC1N. The highest BCUT2D eigenvalue weighted by atomic mass is 16.5. The highest BCUT2D eigenvalue weighted by molar-refractivity contribution is 5.79. The smallest absolute Gasteiger partial charge is 0.227 e. The minimum Gasteiger partial charge on any atom is -0.385 e. The largest absolute Gasteiger partial charge is 0.385 e. The molecule has 1 fully saturated rings. The van der Waals surface area contributed by atoms with Gasteiger partial charge in [-0.05, 0) is 19.3 Å². The number of carbonyl (C=O) groups is 1. The molecule has 0 saturated heterocycles. The van der Waals surface area contributed by atoms with Crippen molar-refractivity contribution in [3.8, 4) is 0 Å². The van der Waals surface area contributed by atoms with Crippen LogP contribution >= 0.6 is 0 Å². The normalized spacial score (nSPS) is 23.4. The molecule has 20 heavy (non-hydrogen) atoms. The van der Waals surface area contributed by atoms with E-state index in [9.17, 15) is 4.79 Å². The molecule has 118 valence electrons. The van der Waals surface area contributed by atoms with Crippen molar-refractivity contribution >= 4 is 5.91 Å². The standard InChI is InChI=1S/C15H30N2O3/c1-19-11-6-9-17(10-12-20-2)15(18)13-7-4-3-5-8-14(13)16/h13-14H,3-12,16H2,1-2H3. The van der Waals surface area contributed by atoms with Gasteiger partial charge in [-0.1, -0.05) is 19.3 Å². The summed E-state index contributed by atoms with van der Waals surface area (Å²) in [6.07, 6.45) is 6.19. The van der Waals surface area contributed by atoms with Crippen LogP contribution in [0.3, 0.4) is 0 Å². The van der Waals surface area contributed by atoms with Gasteiger partial charge in [0, 0.05) is 40.0 Å². The number of hydrogen-bond acceptors (Lipinski definition) is 4. The number of nitrogens with two attached hydrogens (primary N) is 1. The zero-order valence-electron chi connectivity index (χ0n) is 13.0. The Kier molecular flexibility index (Phi) is 8.82. The number of rotatable bonds is 8. The van der Waals surface area contributed by atoms with Crippen LogP contribution < -0.4 is 5.73 Å². The van der Waals surface area contributed by atoms with Crippen molar-refractivity contribution in [1.29, 1.82) is 0 Å². The number of ether oxygens (including phenoxy) is 2. The summed E-state index contributed by atoms with van der Waals surface area (Å²) in [5.41, 5.74) is 6.20. The molecule has 2 unspecified atom stereocenters. The van der Waals surface area contributed by atoms with Gasteiger partial charge in [0.05, 0.1) is 12.5 Å². The van der Waals surface area contributed by atoms with Crippen LogP contribution in [-0.2, 0) is 14.3 Å². The highest BCUT2D eigenvalue weighted by Gasteiger charge is 2.30. The van der Waals surface area contributed by atoms with Gasteiger partial charge < -0.3 is 20.1 Å². The van der Waals surface area contributed by atoms with Crippen LogP contribution in [0.5, 0.6) is 0 Å². The Morgan fingerprint density at radius 2 is 1.80 bits per heavy atom. The Morgan fingerprint density at radius 3 is 2.50 bits per heavy atom. The molecule has 5 heteroatoms. The number of hydrogen-bond donors (Lipinski definition) is 1. The number of nitrogens with zero attached hydrogens (tertiary/aromatic N) is 1. The lowest BCUT2D eigenvalue weighted by Crippen LogP contribution is -2.45. The van der Waals surface area contributed by atoms with E-state index in [0.29, 0.717) is 19.8 Å². The summed E-state index contributed by atoms with van der Waals surface area (Å²) < 4.78 is 10.2. The first-order valence-electron chi connectivity index (χ1n) is 7.73. The van der Waals surface area contributed by atoms with E-state index in [1.807, 2.05) is 4.90 Å². The van der Waals surface area contributed by atoms with Crippen LogP contribution in [0, 0.1) is 5.92 Å². The average Bonchev–Trinajstić information content (AvgIpc) is 2.66. The van der Waals surface area contributed by atoms with E-state index < -0.39 is 0 Å². The molecule has 1 saturated carbocycles. The molecule has 2 atom stereocenters. The molecule has 2 N–H and O–H groups in total. The molecule has 0 bridgehead atoms. The molecular formula is C15H30N2O3. The van der Waals surface area contributed by atoms with Crippen molar-refractivity contribution in [2.45, 2.75) is 44.6 Å². The lowest BCUT2D eigenvalue weighted by atomic mass is 9.94. The zero-order valence-corrected chi connectivity index (χ0v) is 13.0. The minimum atomic E-state index is -0.0168. The van der Waals surface area contributed by atoms with Crippen LogP contribution in [0.15, 0.2) is 0 Å². The number of amides is 1. The van der Waals surface area contributed by atoms with Gasteiger partial charge in [0.2, 0.25) is 5.91 Å². The maximum Gasteiger partial charge on any atom is 0.227 e. The summed E-state index contributed by atoms with van der Waals surface area (Å²) in [5.74, 6) is 0.185. The molecule has 0 radical (unpaired) electrons. The molecule has 1 amide bonds. The van der Waals surface area contributed by atoms with Gasteiger partial charge in [-0.2, -0.15) is 0 Å². The van der Waals surface area contributed by atoms with Crippen molar-refractivity contribution in [3.05, 3.63) is 0 Å². The molecule has 0 aromatic rings. The topological polar surface area (TPSA) is 64.8 Å². The van der Waals surface area contributed by atoms with Gasteiger partial charge in [0.25, 0.3) is 0 Å². The lowest BCUT2D eigenvalue weighted by Gasteiger charge is -2.29. The van der Waals surface area contributed by atoms with Crippen molar-refractivity contribution in [2.24, 2.45) is 11.7 Å². The summed E-state index contributed by atoms with van der Waals surface area (Å²) >= 11 is 0. The van der Waals surface area contributed by atoms with E-state index in [2.05, 4.69) is 0 Å². The fourth-order valence-electron chi connectivity index (χ4n) is 2.81. The van der Waals surface area contributed by atoms with E-state index >= 15 is 0 Å². The molecular weight excluding hydrogens is 256 g/mol. The third-order valence-electron chi connectivity index (χ3n) is 4.04. The molecule has 0 aromatic carbocycles. The zero-order chi connectivity index (χ0) is 14.8. The van der Waals surface area contributed by atoms with E-state index in [4.69, 9.17) is 15.2 Å². The van der Waals surface area contributed by atoms with Gasteiger partial charge in [-0.15, -0.1) is 0 Å². The molecule has 0 heterocycles. The van der Waals surface area contributed by atoms with Crippen LogP contribution in [0.1, 0.15) is 38.5 Å². The summed E-state index contributed by atoms with van der Waals surface area (Å²) in [6.45, 7) is 2.61. The predicted octanol–water partition coefficient (Wildman–Crippen LogP) is 1.41. The lowest BCUT2D eigenvalue weighted by molar-refractivity contribution is -0.137. The van der Waals surface area contributed by atoms with Gasteiger partial charge >= 0.3 is 0 Å². The summed E-state index contributed by atoms with van der Waals surface area (Å²) in [7, 11) is 3.34. The van der Waals surface area contributed by atoms with Gasteiger partial charge in [0.1, 0.15) is 0 Å². The first kappa shape index (κ1) is 17.4. The van der Waals surface area contributed by atoms with Crippen molar-refractivity contribution in [3.63, 3.8) is 0 Å². The van der Waals surface area contributed by atoms with Gasteiger partial charge in [0.15, 0.2) is 0 Å². The van der Waals surface area contributed by atoms with Crippen molar-refractivity contribution in [2.75, 3.05) is 40.5 Å². The first-order chi connectivity index (χ1) is 9.70.